The smallest absolute Gasteiger partial charge is 0.328 e. The molecule has 0 atom stereocenters. The van der Waals surface area contributed by atoms with Gasteiger partial charge in [-0.2, -0.15) is 0 Å². The molecule has 0 spiro atoms. The Hall–Kier alpha value is -2.70. The minimum Gasteiger partial charge on any atom is -0.478 e. The summed E-state index contributed by atoms with van der Waals surface area (Å²) in [6.07, 6.45) is 8.49. The Morgan fingerprint density at radius 2 is 1.65 bits per heavy atom. The van der Waals surface area contributed by atoms with Gasteiger partial charge >= 0.3 is 11.9 Å². The van der Waals surface area contributed by atoms with Gasteiger partial charge in [0.2, 0.25) is 5.91 Å². The Morgan fingerprint density at radius 3 is 2.13 bits per heavy atom. The Morgan fingerprint density at radius 1 is 1.04 bits per heavy atom. The van der Waals surface area contributed by atoms with Crippen molar-refractivity contribution in [2.24, 2.45) is 5.92 Å². The fourth-order valence-corrected chi connectivity index (χ4v) is 2.17. The molecule has 0 saturated heterocycles. The molecule has 1 heterocycles. The molecule has 1 fully saturated rings. The summed E-state index contributed by atoms with van der Waals surface area (Å²) in [4.78, 5) is 35.0. The van der Waals surface area contributed by atoms with Crippen LogP contribution in [0.15, 0.2) is 36.5 Å². The molecule has 0 radical (unpaired) electrons. The zero-order valence-electron chi connectivity index (χ0n) is 12.6. The summed E-state index contributed by atoms with van der Waals surface area (Å²) in [7, 11) is 0. The Bertz CT molecular complexity index is 535. The molecule has 1 aliphatic carbocycles. The summed E-state index contributed by atoms with van der Waals surface area (Å²) < 4.78 is 0. The number of nitrogens with zero attached hydrogens (tertiary/aromatic N) is 1. The molecule has 0 unspecified atom stereocenters. The van der Waals surface area contributed by atoms with E-state index in [0.29, 0.717) is 18.0 Å². The molecule has 124 valence electrons. The number of carboxylic acid groups (broad SMARTS) is 2. The van der Waals surface area contributed by atoms with Crippen molar-refractivity contribution in [3.8, 4) is 0 Å². The van der Waals surface area contributed by atoms with Gasteiger partial charge < -0.3 is 15.5 Å². The monoisotopic (exact) mass is 320 g/mol. The molecule has 3 N–H and O–H groups in total. The number of aliphatic carboxylic acids is 2. The third-order valence-corrected chi connectivity index (χ3v) is 3.26. The number of pyridine rings is 1. The van der Waals surface area contributed by atoms with Crippen molar-refractivity contribution in [3.63, 3.8) is 0 Å². The van der Waals surface area contributed by atoms with Crippen molar-refractivity contribution in [3.05, 3.63) is 36.5 Å². The molecular weight excluding hydrogens is 300 g/mol. The predicted octanol–water partition coefficient (Wildman–Crippen LogP) is 2.31. The first-order chi connectivity index (χ1) is 11.0. The van der Waals surface area contributed by atoms with E-state index in [1.807, 2.05) is 18.2 Å². The average molecular weight is 320 g/mol. The zero-order chi connectivity index (χ0) is 17.1. The standard InChI is InChI=1S/C12H16N2O.C4H4O4/c15-12(10-6-2-1-3-7-10)14-11-8-4-5-9-13-11;5-3(6)1-2-4(7)8/h4-5,8-10H,1-3,6-7H2,(H,13,14,15);1-2H,(H,5,6)(H,7,8)/b;2-1-. The number of anilines is 1. The van der Waals surface area contributed by atoms with Crippen molar-refractivity contribution in [1.82, 2.24) is 4.98 Å². The highest BCUT2D eigenvalue weighted by Crippen LogP contribution is 2.24. The number of carbonyl (C=O) groups excluding carboxylic acids is 1. The summed E-state index contributed by atoms with van der Waals surface area (Å²) in [5, 5.41) is 18.5. The van der Waals surface area contributed by atoms with Crippen molar-refractivity contribution in [2.45, 2.75) is 32.1 Å². The number of aromatic nitrogens is 1. The molecule has 1 amide bonds. The van der Waals surface area contributed by atoms with Gasteiger partial charge in [-0.1, -0.05) is 25.3 Å². The molecule has 7 nitrogen and oxygen atoms in total. The fraction of sp³-hybridized carbons (Fsp3) is 0.375. The van der Waals surface area contributed by atoms with Crippen LogP contribution in [0, 0.1) is 5.92 Å². The van der Waals surface area contributed by atoms with Gasteiger partial charge in [0.1, 0.15) is 5.82 Å². The first kappa shape index (κ1) is 18.3. The summed E-state index contributed by atoms with van der Waals surface area (Å²) in [6.45, 7) is 0. The van der Waals surface area contributed by atoms with Crippen LogP contribution in [0.5, 0.6) is 0 Å². The second-order valence-corrected chi connectivity index (χ2v) is 5.05. The lowest BCUT2D eigenvalue weighted by atomic mass is 9.89. The molecule has 7 heteroatoms. The molecule has 2 rings (SSSR count). The number of carbonyl (C=O) groups is 3. The maximum Gasteiger partial charge on any atom is 0.328 e. The molecule has 1 saturated carbocycles. The molecule has 1 aliphatic rings. The fourth-order valence-electron chi connectivity index (χ4n) is 2.17. The number of rotatable bonds is 4. The van der Waals surface area contributed by atoms with Crippen LogP contribution < -0.4 is 5.32 Å². The van der Waals surface area contributed by atoms with Crippen LogP contribution in [-0.4, -0.2) is 33.0 Å². The van der Waals surface area contributed by atoms with Gasteiger partial charge in [-0.15, -0.1) is 0 Å². The number of carboxylic acids is 2. The van der Waals surface area contributed by atoms with Gasteiger partial charge in [-0.25, -0.2) is 14.6 Å². The summed E-state index contributed by atoms with van der Waals surface area (Å²) in [6, 6.07) is 5.54. The van der Waals surface area contributed by atoms with Gasteiger partial charge in [-0.3, -0.25) is 4.79 Å². The van der Waals surface area contributed by atoms with Gasteiger partial charge in [0.05, 0.1) is 0 Å². The van der Waals surface area contributed by atoms with Crippen LogP contribution in [0.3, 0.4) is 0 Å². The minimum absolute atomic E-state index is 0.133. The van der Waals surface area contributed by atoms with Gasteiger partial charge in [0.15, 0.2) is 0 Å². The van der Waals surface area contributed by atoms with E-state index in [4.69, 9.17) is 10.2 Å². The molecule has 1 aromatic rings. The first-order valence-electron chi connectivity index (χ1n) is 7.35. The number of nitrogens with one attached hydrogen (secondary N) is 1. The maximum atomic E-state index is 11.8. The highest BCUT2D eigenvalue weighted by molar-refractivity contribution is 5.91. The van der Waals surface area contributed by atoms with Gasteiger partial charge in [0, 0.05) is 24.3 Å². The third kappa shape index (κ3) is 8.35. The second kappa shape index (κ2) is 10.1. The lowest BCUT2D eigenvalue weighted by Crippen LogP contribution is -2.25. The minimum atomic E-state index is -1.26. The largest absolute Gasteiger partial charge is 0.478 e. The molecule has 0 aromatic carbocycles. The molecular formula is C16H20N2O5. The van der Waals surface area contributed by atoms with Gasteiger partial charge in [0.25, 0.3) is 0 Å². The predicted molar refractivity (Wildman–Crippen MR) is 83.9 cm³/mol. The Balaban J connectivity index is 0.000000284. The lowest BCUT2D eigenvalue weighted by molar-refractivity contribution is -0.134. The number of amides is 1. The Kier molecular flexibility index (Phi) is 8.06. The molecule has 23 heavy (non-hydrogen) atoms. The second-order valence-electron chi connectivity index (χ2n) is 5.05. The maximum absolute atomic E-state index is 11.8. The molecule has 1 aromatic heterocycles. The van der Waals surface area contributed by atoms with E-state index in [1.54, 1.807) is 6.20 Å². The number of hydrogen-bond donors (Lipinski definition) is 3. The average Bonchev–Trinajstić information content (AvgIpc) is 2.55. The Labute approximate surface area is 134 Å². The lowest BCUT2D eigenvalue weighted by Gasteiger charge is -2.20. The highest BCUT2D eigenvalue weighted by Gasteiger charge is 2.20. The first-order valence-corrected chi connectivity index (χ1v) is 7.35. The van der Waals surface area contributed by atoms with Crippen LogP contribution in [0.4, 0.5) is 5.82 Å². The normalized spacial score (nSPS) is 14.6. The quantitative estimate of drug-likeness (QED) is 0.733. The van der Waals surface area contributed by atoms with Crippen LogP contribution in [-0.2, 0) is 14.4 Å². The van der Waals surface area contributed by atoms with E-state index in [-0.39, 0.29) is 11.8 Å². The summed E-state index contributed by atoms with van der Waals surface area (Å²) >= 11 is 0. The van der Waals surface area contributed by atoms with E-state index >= 15 is 0 Å². The number of hydrogen-bond acceptors (Lipinski definition) is 4. The van der Waals surface area contributed by atoms with Crippen LogP contribution >= 0.6 is 0 Å². The molecule has 0 bridgehead atoms. The van der Waals surface area contributed by atoms with E-state index in [9.17, 15) is 14.4 Å². The molecule has 0 aliphatic heterocycles. The van der Waals surface area contributed by atoms with Crippen LogP contribution in [0.1, 0.15) is 32.1 Å². The van der Waals surface area contributed by atoms with E-state index in [2.05, 4.69) is 10.3 Å². The zero-order valence-corrected chi connectivity index (χ0v) is 12.6. The topological polar surface area (TPSA) is 117 Å². The van der Waals surface area contributed by atoms with Crippen molar-refractivity contribution in [1.29, 1.82) is 0 Å². The third-order valence-electron chi connectivity index (χ3n) is 3.26. The van der Waals surface area contributed by atoms with Crippen molar-refractivity contribution in [2.75, 3.05) is 5.32 Å². The summed E-state index contributed by atoms with van der Waals surface area (Å²) in [5.74, 6) is -1.53. The van der Waals surface area contributed by atoms with E-state index in [1.165, 1.54) is 19.3 Å². The van der Waals surface area contributed by atoms with Crippen LogP contribution in [0.2, 0.25) is 0 Å². The SMILES string of the molecule is O=C(Nc1ccccn1)C1CCCCC1.O=C(O)/C=C\C(=O)O. The van der Waals surface area contributed by atoms with Crippen molar-refractivity contribution < 1.29 is 24.6 Å². The van der Waals surface area contributed by atoms with E-state index < -0.39 is 11.9 Å². The van der Waals surface area contributed by atoms with Crippen LogP contribution in [0.25, 0.3) is 0 Å². The summed E-state index contributed by atoms with van der Waals surface area (Å²) in [5.41, 5.74) is 0. The van der Waals surface area contributed by atoms with Gasteiger partial charge in [-0.05, 0) is 25.0 Å². The van der Waals surface area contributed by atoms with Crippen molar-refractivity contribution >= 4 is 23.7 Å². The van der Waals surface area contributed by atoms with E-state index in [0.717, 1.165) is 12.8 Å². The highest BCUT2D eigenvalue weighted by atomic mass is 16.4.